The van der Waals surface area contributed by atoms with Crippen LogP contribution in [0, 0.1) is 0 Å². The number of nitrogens with zero attached hydrogens (tertiary/aromatic N) is 2. The Labute approximate surface area is 111 Å². The average Bonchev–Trinajstić information content (AvgIpc) is 2.36. The molecule has 0 amide bonds. The first-order valence-corrected chi connectivity index (χ1v) is 7.04. The second-order valence-corrected chi connectivity index (χ2v) is 4.86. The number of hydrogen-bond donors (Lipinski definition) is 2. The van der Waals surface area contributed by atoms with Gasteiger partial charge in [-0.1, -0.05) is 34.1 Å². The standard InChI is InChI=1S/C14H26N4/c1-5-7-9-16-13-10-12(15-8-6-2)17-14(18-13)11(3)4/h10-11H,5-9H2,1-4H3,(H2,15,16,17,18). The monoisotopic (exact) mass is 250 g/mol. The van der Waals surface area contributed by atoms with Crippen LogP contribution in [0.3, 0.4) is 0 Å². The maximum Gasteiger partial charge on any atom is 0.135 e. The van der Waals surface area contributed by atoms with Crippen molar-refractivity contribution in [2.75, 3.05) is 23.7 Å². The van der Waals surface area contributed by atoms with E-state index in [4.69, 9.17) is 0 Å². The molecule has 4 nitrogen and oxygen atoms in total. The van der Waals surface area contributed by atoms with E-state index in [1.54, 1.807) is 0 Å². The molecule has 0 spiro atoms. The number of unbranched alkanes of at least 4 members (excludes halogenated alkanes) is 1. The first-order valence-electron chi connectivity index (χ1n) is 7.04. The molecule has 0 bridgehead atoms. The maximum atomic E-state index is 4.55. The van der Waals surface area contributed by atoms with Gasteiger partial charge in [0.25, 0.3) is 0 Å². The third-order valence-corrected chi connectivity index (χ3v) is 2.65. The van der Waals surface area contributed by atoms with Gasteiger partial charge in [0.05, 0.1) is 0 Å². The molecule has 0 fully saturated rings. The molecule has 0 saturated carbocycles. The van der Waals surface area contributed by atoms with Crippen molar-refractivity contribution in [3.8, 4) is 0 Å². The fraction of sp³-hybridized carbons (Fsp3) is 0.714. The molecular formula is C14H26N4. The normalized spacial score (nSPS) is 10.7. The van der Waals surface area contributed by atoms with Crippen molar-refractivity contribution in [1.82, 2.24) is 9.97 Å². The largest absolute Gasteiger partial charge is 0.370 e. The van der Waals surface area contributed by atoms with Gasteiger partial charge in [-0.05, 0) is 12.8 Å². The van der Waals surface area contributed by atoms with Crippen LogP contribution in [0.5, 0.6) is 0 Å². The molecule has 1 aromatic heterocycles. The third kappa shape index (κ3) is 4.90. The SMILES string of the molecule is CCCCNc1cc(NCCC)nc(C(C)C)n1. The van der Waals surface area contributed by atoms with Gasteiger partial charge in [-0.25, -0.2) is 9.97 Å². The van der Waals surface area contributed by atoms with Crippen LogP contribution in [0.2, 0.25) is 0 Å². The van der Waals surface area contributed by atoms with E-state index in [0.29, 0.717) is 5.92 Å². The summed E-state index contributed by atoms with van der Waals surface area (Å²) in [5.74, 6) is 3.10. The second kappa shape index (κ2) is 7.90. The van der Waals surface area contributed by atoms with Gasteiger partial charge in [-0.2, -0.15) is 0 Å². The van der Waals surface area contributed by atoms with Crippen molar-refractivity contribution in [2.24, 2.45) is 0 Å². The number of aromatic nitrogens is 2. The van der Waals surface area contributed by atoms with Crippen LogP contribution in [-0.4, -0.2) is 23.1 Å². The van der Waals surface area contributed by atoms with E-state index in [-0.39, 0.29) is 0 Å². The van der Waals surface area contributed by atoms with Gasteiger partial charge in [0.1, 0.15) is 17.5 Å². The minimum atomic E-state index is 0.347. The van der Waals surface area contributed by atoms with E-state index in [0.717, 1.165) is 37.0 Å². The van der Waals surface area contributed by atoms with E-state index in [2.05, 4.69) is 48.3 Å². The molecule has 0 aliphatic heterocycles. The van der Waals surface area contributed by atoms with Crippen LogP contribution in [0.15, 0.2) is 6.07 Å². The Bertz CT molecular complexity index is 350. The zero-order valence-corrected chi connectivity index (χ0v) is 12.1. The van der Waals surface area contributed by atoms with E-state index in [1.165, 1.54) is 12.8 Å². The highest BCUT2D eigenvalue weighted by Crippen LogP contribution is 2.17. The molecule has 1 aromatic rings. The summed E-state index contributed by atoms with van der Waals surface area (Å²) in [4.78, 5) is 9.09. The fourth-order valence-corrected chi connectivity index (χ4v) is 1.55. The summed E-state index contributed by atoms with van der Waals surface area (Å²) in [6, 6.07) is 2.00. The van der Waals surface area contributed by atoms with Crippen LogP contribution >= 0.6 is 0 Å². The summed E-state index contributed by atoms with van der Waals surface area (Å²) in [5.41, 5.74) is 0. The van der Waals surface area contributed by atoms with Crippen LogP contribution in [0.4, 0.5) is 11.6 Å². The van der Waals surface area contributed by atoms with Crippen LogP contribution < -0.4 is 10.6 Å². The molecule has 0 unspecified atom stereocenters. The van der Waals surface area contributed by atoms with Gasteiger partial charge in [0.2, 0.25) is 0 Å². The highest BCUT2D eigenvalue weighted by atomic mass is 15.1. The Morgan fingerprint density at radius 2 is 1.61 bits per heavy atom. The molecule has 0 aliphatic rings. The minimum absolute atomic E-state index is 0.347. The van der Waals surface area contributed by atoms with E-state index < -0.39 is 0 Å². The van der Waals surface area contributed by atoms with Gasteiger partial charge in [0.15, 0.2) is 0 Å². The Balaban J connectivity index is 2.77. The van der Waals surface area contributed by atoms with Gasteiger partial charge in [-0.15, -0.1) is 0 Å². The number of hydrogen-bond acceptors (Lipinski definition) is 4. The Morgan fingerprint density at radius 1 is 1.00 bits per heavy atom. The molecule has 1 heterocycles. The smallest absolute Gasteiger partial charge is 0.135 e. The van der Waals surface area contributed by atoms with Crippen LogP contribution in [0.25, 0.3) is 0 Å². The topological polar surface area (TPSA) is 49.8 Å². The lowest BCUT2D eigenvalue weighted by atomic mass is 10.2. The van der Waals surface area contributed by atoms with Crippen LogP contribution in [0.1, 0.15) is 58.7 Å². The summed E-state index contributed by atoms with van der Waals surface area (Å²) in [7, 11) is 0. The lowest BCUT2D eigenvalue weighted by Crippen LogP contribution is -2.10. The molecular weight excluding hydrogens is 224 g/mol. The summed E-state index contributed by atoms with van der Waals surface area (Å²) in [5, 5.41) is 6.70. The summed E-state index contributed by atoms with van der Waals surface area (Å²) in [6.45, 7) is 10.5. The zero-order valence-electron chi connectivity index (χ0n) is 12.1. The molecule has 4 heteroatoms. The molecule has 1 rings (SSSR count). The molecule has 18 heavy (non-hydrogen) atoms. The van der Waals surface area contributed by atoms with Crippen molar-refractivity contribution in [3.63, 3.8) is 0 Å². The van der Waals surface area contributed by atoms with Gasteiger partial charge < -0.3 is 10.6 Å². The molecule has 2 N–H and O–H groups in total. The quantitative estimate of drug-likeness (QED) is 0.692. The maximum absolute atomic E-state index is 4.55. The van der Waals surface area contributed by atoms with Crippen molar-refractivity contribution >= 4 is 11.6 Å². The van der Waals surface area contributed by atoms with Gasteiger partial charge in [-0.3, -0.25) is 0 Å². The van der Waals surface area contributed by atoms with Crippen molar-refractivity contribution in [1.29, 1.82) is 0 Å². The first-order chi connectivity index (χ1) is 8.67. The summed E-state index contributed by atoms with van der Waals surface area (Å²) < 4.78 is 0. The predicted molar refractivity (Wildman–Crippen MR) is 78.3 cm³/mol. The zero-order chi connectivity index (χ0) is 13.4. The highest BCUT2D eigenvalue weighted by Gasteiger charge is 2.07. The Hall–Kier alpha value is -1.32. The van der Waals surface area contributed by atoms with E-state index >= 15 is 0 Å². The molecule has 0 aromatic carbocycles. The summed E-state index contributed by atoms with van der Waals surface area (Å²) >= 11 is 0. The van der Waals surface area contributed by atoms with E-state index in [9.17, 15) is 0 Å². The lowest BCUT2D eigenvalue weighted by Gasteiger charge is -2.12. The molecule has 0 atom stereocenters. The Kier molecular flexibility index (Phi) is 6.47. The van der Waals surface area contributed by atoms with Crippen molar-refractivity contribution < 1.29 is 0 Å². The Morgan fingerprint density at radius 3 is 2.11 bits per heavy atom. The molecule has 102 valence electrons. The first kappa shape index (κ1) is 14.7. The van der Waals surface area contributed by atoms with E-state index in [1.807, 2.05) is 6.07 Å². The second-order valence-electron chi connectivity index (χ2n) is 4.86. The predicted octanol–water partition coefficient (Wildman–Crippen LogP) is 3.63. The lowest BCUT2D eigenvalue weighted by molar-refractivity contribution is 0.769. The molecule has 0 radical (unpaired) electrons. The fourth-order valence-electron chi connectivity index (χ4n) is 1.55. The van der Waals surface area contributed by atoms with Gasteiger partial charge in [0, 0.05) is 25.1 Å². The molecule has 0 saturated heterocycles. The third-order valence-electron chi connectivity index (χ3n) is 2.65. The minimum Gasteiger partial charge on any atom is -0.370 e. The number of rotatable bonds is 8. The highest BCUT2D eigenvalue weighted by molar-refractivity contribution is 5.47. The molecule has 0 aliphatic carbocycles. The van der Waals surface area contributed by atoms with Crippen molar-refractivity contribution in [3.05, 3.63) is 11.9 Å². The van der Waals surface area contributed by atoms with Crippen molar-refractivity contribution in [2.45, 2.75) is 52.9 Å². The summed E-state index contributed by atoms with van der Waals surface area (Å²) in [6.07, 6.45) is 3.45. The van der Waals surface area contributed by atoms with Crippen LogP contribution in [-0.2, 0) is 0 Å². The number of nitrogens with one attached hydrogen (secondary N) is 2. The van der Waals surface area contributed by atoms with Gasteiger partial charge >= 0.3 is 0 Å². The average molecular weight is 250 g/mol. The number of anilines is 2.